The first-order valence-corrected chi connectivity index (χ1v) is 9.12. The van der Waals surface area contributed by atoms with Gasteiger partial charge < -0.3 is 10.6 Å². The van der Waals surface area contributed by atoms with Crippen molar-refractivity contribution in [1.29, 1.82) is 0 Å². The van der Waals surface area contributed by atoms with Crippen LogP contribution in [-0.4, -0.2) is 14.2 Å². The average molecular weight is 316 g/mol. The van der Waals surface area contributed by atoms with Gasteiger partial charge in [0.2, 0.25) is 0 Å². The zero-order valence-electron chi connectivity index (χ0n) is 12.6. The average Bonchev–Trinajstić information content (AvgIpc) is 3.00. The van der Waals surface area contributed by atoms with Crippen molar-refractivity contribution in [3.8, 4) is 0 Å². The number of nitrogens with one attached hydrogen (secondary N) is 2. The highest BCUT2D eigenvalue weighted by Crippen LogP contribution is 2.23. The van der Waals surface area contributed by atoms with E-state index in [9.17, 15) is 8.42 Å². The minimum atomic E-state index is -3.22. The number of benzene rings is 2. The van der Waals surface area contributed by atoms with Crippen molar-refractivity contribution < 1.29 is 8.42 Å². The molecule has 1 heterocycles. The fourth-order valence-electron chi connectivity index (χ4n) is 2.69. The minimum absolute atomic E-state index is 0.107. The first kappa shape index (κ1) is 15.1. The maximum Gasteiger partial charge on any atom is 0.180 e. The van der Waals surface area contributed by atoms with Gasteiger partial charge in [-0.3, -0.25) is 0 Å². The molecule has 0 saturated heterocycles. The van der Waals surface area contributed by atoms with Crippen LogP contribution in [0.2, 0.25) is 0 Å². The Morgan fingerprint density at radius 3 is 2.68 bits per heavy atom. The molecule has 5 heteroatoms. The van der Waals surface area contributed by atoms with Gasteiger partial charge in [-0.25, -0.2) is 8.42 Å². The van der Waals surface area contributed by atoms with Crippen LogP contribution in [0.5, 0.6) is 0 Å². The monoisotopic (exact) mass is 316 g/mol. The van der Waals surface area contributed by atoms with E-state index in [1.54, 1.807) is 19.1 Å². The molecule has 0 aliphatic carbocycles. The summed E-state index contributed by atoms with van der Waals surface area (Å²) in [4.78, 5) is 0.375. The molecular formula is C17H20N2O2S. The van der Waals surface area contributed by atoms with E-state index in [1.807, 2.05) is 12.1 Å². The van der Waals surface area contributed by atoms with Crippen LogP contribution in [0, 0.1) is 0 Å². The molecule has 2 aromatic rings. The van der Waals surface area contributed by atoms with Crippen molar-refractivity contribution >= 4 is 15.5 Å². The molecule has 1 aliphatic rings. The highest BCUT2D eigenvalue weighted by Gasteiger charge is 2.16. The van der Waals surface area contributed by atoms with Crippen LogP contribution in [0.3, 0.4) is 0 Å². The quantitative estimate of drug-likeness (QED) is 0.890. The van der Waals surface area contributed by atoms with Crippen molar-refractivity contribution in [1.82, 2.24) is 5.32 Å². The molecule has 2 N–H and O–H groups in total. The smallest absolute Gasteiger partial charge is 0.180 e. The Balaban J connectivity index is 1.80. The third-order valence-electron chi connectivity index (χ3n) is 3.99. The molecule has 0 saturated carbocycles. The van der Waals surface area contributed by atoms with Gasteiger partial charge in [-0.1, -0.05) is 37.3 Å². The molecule has 116 valence electrons. The first-order valence-electron chi connectivity index (χ1n) is 7.47. The molecule has 0 fully saturated rings. The molecule has 0 amide bonds. The van der Waals surface area contributed by atoms with Gasteiger partial charge in [0.1, 0.15) is 0 Å². The molecule has 0 unspecified atom stereocenters. The van der Waals surface area contributed by atoms with Crippen LogP contribution in [-0.2, 0) is 29.5 Å². The Hall–Kier alpha value is -1.85. The lowest BCUT2D eigenvalue weighted by Gasteiger charge is -2.12. The lowest BCUT2D eigenvalue weighted by molar-refractivity contribution is 0.597. The topological polar surface area (TPSA) is 58.2 Å². The fraction of sp³-hybridized carbons (Fsp3) is 0.294. The Labute approximate surface area is 131 Å². The SMILES string of the molecule is CCS(=O)(=O)c1ccccc1NCc1ccc2c(c1)CNC2. The van der Waals surface area contributed by atoms with Gasteiger partial charge >= 0.3 is 0 Å². The van der Waals surface area contributed by atoms with Crippen molar-refractivity contribution in [3.63, 3.8) is 0 Å². The standard InChI is InChI=1S/C17H20N2O2S/c1-2-22(20,21)17-6-4-3-5-16(17)19-10-13-7-8-14-11-18-12-15(14)9-13/h3-9,18-19H,2,10-12H2,1H3. The van der Waals surface area contributed by atoms with Crippen LogP contribution in [0.1, 0.15) is 23.6 Å². The lowest BCUT2D eigenvalue weighted by atomic mass is 10.1. The molecule has 1 aliphatic heterocycles. The number of hydrogen-bond donors (Lipinski definition) is 2. The summed E-state index contributed by atoms with van der Waals surface area (Å²) in [6.07, 6.45) is 0. The predicted molar refractivity (Wildman–Crippen MR) is 88.5 cm³/mol. The summed E-state index contributed by atoms with van der Waals surface area (Å²) in [7, 11) is -3.22. The van der Waals surface area contributed by atoms with Crippen LogP contribution in [0.4, 0.5) is 5.69 Å². The number of fused-ring (bicyclic) bond motifs is 1. The summed E-state index contributed by atoms with van der Waals surface area (Å²) in [5.74, 6) is 0.107. The van der Waals surface area contributed by atoms with Gasteiger partial charge in [0, 0.05) is 19.6 Å². The summed E-state index contributed by atoms with van der Waals surface area (Å²) in [6.45, 7) is 4.12. The van der Waals surface area contributed by atoms with Gasteiger partial charge in [-0.15, -0.1) is 0 Å². The number of sulfone groups is 1. The summed E-state index contributed by atoms with van der Waals surface area (Å²) >= 11 is 0. The van der Waals surface area contributed by atoms with Gasteiger partial charge in [0.05, 0.1) is 16.3 Å². The van der Waals surface area contributed by atoms with Crippen LogP contribution < -0.4 is 10.6 Å². The molecule has 3 rings (SSSR count). The Morgan fingerprint density at radius 2 is 1.86 bits per heavy atom. The van der Waals surface area contributed by atoms with Crippen LogP contribution >= 0.6 is 0 Å². The third kappa shape index (κ3) is 3.00. The van der Waals surface area contributed by atoms with E-state index in [0.717, 1.165) is 18.7 Å². The second kappa shape index (κ2) is 6.10. The van der Waals surface area contributed by atoms with Gasteiger partial charge in [0.25, 0.3) is 0 Å². The molecule has 0 bridgehead atoms. The molecule has 4 nitrogen and oxygen atoms in total. The van der Waals surface area contributed by atoms with E-state index in [2.05, 4.69) is 28.8 Å². The van der Waals surface area contributed by atoms with Crippen LogP contribution in [0.15, 0.2) is 47.4 Å². The Morgan fingerprint density at radius 1 is 1.09 bits per heavy atom. The van der Waals surface area contributed by atoms with E-state index in [-0.39, 0.29) is 5.75 Å². The largest absolute Gasteiger partial charge is 0.380 e. The van der Waals surface area contributed by atoms with E-state index in [0.29, 0.717) is 17.1 Å². The van der Waals surface area contributed by atoms with E-state index in [4.69, 9.17) is 0 Å². The summed E-state index contributed by atoms with van der Waals surface area (Å²) in [5, 5.41) is 6.59. The van der Waals surface area contributed by atoms with E-state index >= 15 is 0 Å². The van der Waals surface area contributed by atoms with Crippen molar-refractivity contribution in [2.75, 3.05) is 11.1 Å². The second-order valence-electron chi connectivity index (χ2n) is 5.46. The highest BCUT2D eigenvalue weighted by atomic mass is 32.2. The third-order valence-corrected chi connectivity index (χ3v) is 5.77. The zero-order valence-corrected chi connectivity index (χ0v) is 13.4. The van der Waals surface area contributed by atoms with E-state index < -0.39 is 9.84 Å². The number of para-hydroxylation sites is 1. The van der Waals surface area contributed by atoms with Crippen molar-refractivity contribution in [2.24, 2.45) is 0 Å². The lowest BCUT2D eigenvalue weighted by Crippen LogP contribution is -2.09. The van der Waals surface area contributed by atoms with Gasteiger partial charge in [-0.2, -0.15) is 0 Å². The maximum absolute atomic E-state index is 12.1. The molecule has 0 atom stereocenters. The molecule has 0 aromatic heterocycles. The van der Waals surface area contributed by atoms with Crippen molar-refractivity contribution in [3.05, 3.63) is 59.2 Å². The number of rotatable bonds is 5. The molecule has 0 spiro atoms. The predicted octanol–water partition coefficient (Wildman–Crippen LogP) is 2.70. The maximum atomic E-state index is 12.1. The van der Waals surface area contributed by atoms with Crippen LogP contribution in [0.25, 0.3) is 0 Å². The second-order valence-corrected chi connectivity index (χ2v) is 7.71. The molecule has 0 radical (unpaired) electrons. The molecule has 22 heavy (non-hydrogen) atoms. The van der Waals surface area contributed by atoms with E-state index in [1.165, 1.54) is 11.1 Å². The van der Waals surface area contributed by atoms with Gasteiger partial charge in [-0.05, 0) is 28.8 Å². The zero-order chi connectivity index (χ0) is 15.6. The number of anilines is 1. The summed E-state index contributed by atoms with van der Waals surface area (Å²) < 4.78 is 24.3. The van der Waals surface area contributed by atoms with Gasteiger partial charge in [0.15, 0.2) is 9.84 Å². The fourth-order valence-corrected chi connectivity index (χ4v) is 3.77. The minimum Gasteiger partial charge on any atom is -0.380 e. The summed E-state index contributed by atoms with van der Waals surface area (Å²) in [5.41, 5.74) is 4.50. The first-order chi connectivity index (χ1) is 10.6. The molecular weight excluding hydrogens is 296 g/mol. The summed E-state index contributed by atoms with van der Waals surface area (Å²) in [6, 6.07) is 13.5. The Bertz CT molecular complexity index is 785. The highest BCUT2D eigenvalue weighted by molar-refractivity contribution is 7.91. The Kier molecular flexibility index (Phi) is 4.18. The normalized spacial score (nSPS) is 13.9. The van der Waals surface area contributed by atoms with Crippen molar-refractivity contribution in [2.45, 2.75) is 31.5 Å². The number of hydrogen-bond acceptors (Lipinski definition) is 4. The molecule has 2 aromatic carbocycles.